The van der Waals surface area contributed by atoms with Crippen LogP contribution in [0.15, 0.2) is 119 Å². The van der Waals surface area contributed by atoms with Crippen molar-refractivity contribution in [1.29, 1.82) is 0 Å². The smallest absolute Gasteiger partial charge is 0.257 e. The Morgan fingerprint density at radius 1 is 0.952 bits per heavy atom. The van der Waals surface area contributed by atoms with Crippen molar-refractivity contribution in [3.63, 3.8) is 0 Å². The lowest BCUT2D eigenvalue weighted by molar-refractivity contribution is -0.123. The second-order valence-corrected chi connectivity index (χ2v) is 9.85. The molecule has 9 nitrogen and oxygen atoms in total. The zero-order valence-electron chi connectivity index (χ0n) is 23.0. The van der Waals surface area contributed by atoms with E-state index in [2.05, 4.69) is 15.3 Å². The van der Waals surface area contributed by atoms with Gasteiger partial charge in [0.15, 0.2) is 11.6 Å². The van der Waals surface area contributed by atoms with Gasteiger partial charge >= 0.3 is 0 Å². The van der Waals surface area contributed by atoms with Crippen molar-refractivity contribution in [3.8, 4) is 5.75 Å². The van der Waals surface area contributed by atoms with Crippen LogP contribution in [0.3, 0.4) is 0 Å². The Labute approximate surface area is 244 Å². The van der Waals surface area contributed by atoms with Crippen LogP contribution in [0.1, 0.15) is 34.8 Å². The molecular weight excluding hydrogens is 530 g/mol. The number of amides is 1. The van der Waals surface area contributed by atoms with E-state index in [1.54, 1.807) is 0 Å². The third kappa shape index (κ3) is 6.44. The molecule has 42 heavy (non-hydrogen) atoms. The van der Waals surface area contributed by atoms with Gasteiger partial charge in [-0.2, -0.15) is 0 Å². The van der Waals surface area contributed by atoms with Crippen molar-refractivity contribution in [2.45, 2.75) is 31.0 Å². The maximum Gasteiger partial charge on any atom is 0.257 e. The van der Waals surface area contributed by atoms with E-state index in [1.807, 2.05) is 109 Å². The van der Waals surface area contributed by atoms with Gasteiger partial charge in [0.1, 0.15) is 5.75 Å². The fourth-order valence-corrected chi connectivity index (χ4v) is 4.95. The number of anilines is 1. The number of aliphatic hydroxyl groups is 1. The standard InChI is InChI=1S/C33H31N5O4/c34-38-35-23-27-13-8-7-12-26(27)22-33(32(40)36-28-14-5-2-6-15-28)30(24-10-3-1-4-11-24)42-31(37-33)25-16-18-29(19-17-25)41-21-9-20-39/h1-8,10-19,30,39H,9,20-23H2,(H,36,40)/t30-,33-/m1/s1. The number of aliphatic hydroxyl groups excluding tert-OH is 1. The van der Waals surface area contributed by atoms with Crippen molar-refractivity contribution in [3.05, 3.63) is 142 Å². The molecule has 2 N–H and O–H groups in total. The third-order valence-electron chi connectivity index (χ3n) is 7.05. The molecule has 0 radical (unpaired) electrons. The van der Waals surface area contributed by atoms with Crippen LogP contribution in [0.25, 0.3) is 10.4 Å². The topological polar surface area (TPSA) is 129 Å². The SMILES string of the molecule is [N-]=[N+]=NCc1ccccc1C[C@@]1(C(=O)Nc2ccccc2)N=C(c2ccc(OCCCO)cc2)O[C@@H]1c1ccccc1. The average molecular weight is 562 g/mol. The van der Waals surface area contributed by atoms with Gasteiger partial charge < -0.3 is 19.9 Å². The molecule has 0 saturated carbocycles. The molecule has 0 spiro atoms. The first-order valence-corrected chi connectivity index (χ1v) is 13.7. The van der Waals surface area contributed by atoms with Gasteiger partial charge in [-0.1, -0.05) is 77.9 Å². The zero-order chi connectivity index (χ0) is 29.2. The van der Waals surface area contributed by atoms with Gasteiger partial charge in [-0.3, -0.25) is 4.79 Å². The monoisotopic (exact) mass is 561 g/mol. The first kappa shape index (κ1) is 28.4. The summed E-state index contributed by atoms with van der Waals surface area (Å²) in [6, 6.07) is 33.7. The summed E-state index contributed by atoms with van der Waals surface area (Å²) in [5.41, 5.74) is 11.4. The molecule has 9 heteroatoms. The van der Waals surface area contributed by atoms with Crippen LogP contribution >= 0.6 is 0 Å². The second kappa shape index (κ2) is 13.5. The summed E-state index contributed by atoms with van der Waals surface area (Å²) in [5, 5.41) is 15.9. The van der Waals surface area contributed by atoms with E-state index < -0.39 is 11.6 Å². The minimum absolute atomic E-state index is 0.0583. The average Bonchev–Trinajstić information content (AvgIpc) is 3.42. The molecule has 2 atom stereocenters. The van der Waals surface area contributed by atoms with E-state index in [9.17, 15) is 4.79 Å². The van der Waals surface area contributed by atoms with Crippen molar-refractivity contribution in [2.75, 3.05) is 18.5 Å². The maximum absolute atomic E-state index is 14.4. The van der Waals surface area contributed by atoms with Gasteiger partial charge in [0.25, 0.3) is 5.91 Å². The highest BCUT2D eigenvalue weighted by Crippen LogP contribution is 2.43. The van der Waals surface area contributed by atoms with Crippen molar-refractivity contribution in [1.82, 2.24) is 0 Å². The summed E-state index contributed by atoms with van der Waals surface area (Å²) < 4.78 is 12.3. The van der Waals surface area contributed by atoms with Crippen molar-refractivity contribution < 1.29 is 19.4 Å². The first-order chi connectivity index (χ1) is 20.6. The zero-order valence-corrected chi connectivity index (χ0v) is 23.0. The number of azide groups is 1. The number of rotatable bonds is 12. The fourth-order valence-electron chi connectivity index (χ4n) is 4.95. The minimum Gasteiger partial charge on any atom is -0.494 e. The van der Waals surface area contributed by atoms with Crippen LogP contribution in [0.4, 0.5) is 5.69 Å². The number of benzene rings is 4. The Hall–Kier alpha value is -5.11. The van der Waals surface area contributed by atoms with E-state index in [-0.39, 0.29) is 25.5 Å². The van der Waals surface area contributed by atoms with E-state index >= 15 is 0 Å². The Bertz CT molecular complexity index is 1570. The lowest BCUT2D eigenvalue weighted by atomic mass is 9.81. The lowest BCUT2D eigenvalue weighted by Gasteiger charge is -2.31. The molecule has 1 heterocycles. The molecule has 1 aliphatic heterocycles. The number of ether oxygens (including phenoxy) is 2. The molecule has 5 rings (SSSR count). The number of hydrogen-bond donors (Lipinski definition) is 2. The van der Waals surface area contributed by atoms with E-state index in [1.165, 1.54) is 0 Å². The number of para-hydroxylation sites is 1. The lowest BCUT2D eigenvalue weighted by Crippen LogP contribution is -2.47. The van der Waals surface area contributed by atoms with Crippen LogP contribution in [0, 0.1) is 0 Å². The van der Waals surface area contributed by atoms with Gasteiger partial charge in [0, 0.05) is 35.6 Å². The van der Waals surface area contributed by atoms with Gasteiger partial charge in [-0.15, -0.1) is 0 Å². The molecule has 0 aromatic heterocycles. The summed E-state index contributed by atoms with van der Waals surface area (Å²) >= 11 is 0. The van der Waals surface area contributed by atoms with Crippen LogP contribution in [-0.2, 0) is 22.5 Å². The number of nitrogens with one attached hydrogen (secondary N) is 1. The highest BCUT2D eigenvalue weighted by atomic mass is 16.5. The molecule has 1 aliphatic rings. The molecule has 1 amide bonds. The summed E-state index contributed by atoms with van der Waals surface area (Å²) in [7, 11) is 0. The molecule has 0 fully saturated rings. The molecule has 0 unspecified atom stereocenters. The normalized spacial score (nSPS) is 17.5. The van der Waals surface area contributed by atoms with Crippen molar-refractivity contribution >= 4 is 17.5 Å². The predicted molar refractivity (Wildman–Crippen MR) is 161 cm³/mol. The summed E-state index contributed by atoms with van der Waals surface area (Å²) in [5.74, 6) is 0.673. The molecule has 212 valence electrons. The van der Waals surface area contributed by atoms with Crippen molar-refractivity contribution in [2.24, 2.45) is 10.1 Å². The second-order valence-electron chi connectivity index (χ2n) is 9.85. The largest absolute Gasteiger partial charge is 0.494 e. The van der Waals surface area contributed by atoms with Crippen LogP contribution in [0.5, 0.6) is 5.75 Å². The van der Waals surface area contributed by atoms with Crippen LogP contribution < -0.4 is 10.1 Å². The highest BCUT2D eigenvalue weighted by molar-refractivity contribution is 6.05. The number of carbonyl (C=O) groups excluding carboxylic acids is 1. The first-order valence-electron chi connectivity index (χ1n) is 13.7. The number of nitrogens with zero attached hydrogens (tertiary/aromatic N) is 4. The third-order valence-corrected chi connectivity index (χ3v) is 7.05. The summed E-state index contributed by atoms with van der Waals surface area (Å²) in [6.07, 6.45) is -0.00418. The van der Waals surface area contributed by atoms with Crippen LogP contribution in [-0.4, -0.2) is 35.7 Å². The number of aliphatic imine (C=N–C) groups is 1. The van der Waals surface area contributed by atoms with E-state index in [0.29, 0.717) is 35.9 Å². The highest BCUT2D eigenvalue weighted by Gasteiger charge is 2.53. The molecule has 0 saturated heterocycles. The fraction of sp³-hybridized carbons (Fsp3) is 0.212. The molecule has 4 aromatic rings. The Kier molecular flexibility index (Phi) is 9.13. The molecule has 4 aromatic carbocycles. The van der Waals surface area contributed by atoms with Crippen LogP contribution in [0.2, 0.25) is 0 Å². The van der Waals surface area contributed by atoms with Gasteiger partial charge in [0.05, 0.1) is 13.2 Å². The summed E-state index contributed by atoms with van der Waals surface area (Å²) in [4.78, 5) is 22.4. The minimum atomic E-state index is -1.39. The van der Waals surface area contributed by atoms with E-state index in [4.69, 9.17) is 25.1 Å². The number of hydrogen-bond acceptors (Lipinski definition) is 6. The Morgan fingerprint density at radius 3 is 2.31 bits per heavy atom. The Morgan fingerprint density at radius 2 is 1.62 bits per heavy atom. The number of carbonyl (C=O) groups is 1. The van der Waals surface area contributed by atoms with E-state index in [0.717, 1.165) is 16.7 Å². The Balaban J connectivity index is 1.60. The maximum atomic E-state index is 14.4. The molecule has 0 bridgehead atoms. The van der Waals surface area contributed by atoms with Gasteiger partial charge in [-0.25, -0.2) is 4.99 Å². The van der Waals surface area contributed by atoms with Gasteiger partial charge in [-0.05, 0) is 58.6 Å². The predicted octanol–water partition coefficient (Wildman–Crippen LogP) is 6.40. The quantitative estimate of drug-likeness (QED) is 0.0898. The molecule has 0 aliphatic carbocycles. The molecular formula is C33H31N5O4. The summed E-state index contributed by atoms with van der Waals surface area (Å²) in [6.45, 7) is 0.609. The van der Waals surface area contributed by atoms with Gasteiger partial charge in [0.2, 0.25) is 5.90 Å².